The number of pyridine rings is 1. The molecule has 1 aromatic carbocycles. The van der Waals surface area contributed by atoms with Crippen LogP contribution in [0.3, 0.4) is 0 Å². The van der Waals surface area contributed by atoms with Crippen LogP contribution in [0.1, 0.15) is 31.7 Å². The number of piperidine rings is 1. The fourth-order valence-corrected chi connectivity index (χ4v) is 7.41. The second-order valence-electron chi connectivity index (χ2n) is 12.7. The van der Waals surface area contributed by atoms with Crippen molar-refractivity contribution in [1.29, 1.82) is 0 Å². The zero-order chi connectivity index (χ0) is 30.9. The number of H-pyrrole nitrogens is 1. The summed E-state index contributed by atoms with van der Waals surface area (Å²) in [7, 11) is 2.12. The molecule has 0 amide bonds. The number of benzene rings is 1. The van der Waals surface area contributed by atoms with Gasteiger partial charge >= 0.3 is 12.2 Å². The molecule has 1 N–H and O–H groups in total. The summed E-state index contributed by atoms with van der Waals surface area (Å²) in [4.78, 5) is 31.2. The van der Waals surface area contributed by atoms with Gasteiger partial charge in [0.25, 0.3) is 0 Å². The molecule has 0 unspecified atom stereocenters. The van der Waals surface area contributed by atoms with Gasteiger partial charge in [0.1, 0.15) is 23.6 Å². The Labute approximate surface area is 263 Å². The van der Waals surface area contributed by atoms with Gasteiger partial charge in [-0.15, -0.1) is 0 Å². The average molecular weight is 638 g/mol. The van der Waals surface area contributed by atoms with Gasteiger partial charge in [-0.25, -0.2) is 9.18 Å². The summed E-state index contributed by atoms with van der Waals surface area (Å²) in [5, 5.41) is 8.58. The normalized spacial score (nSPS) is 26.9. The van der Waals surface area contributed by atoms with Crippen molar-refractivity contribution in [1.82, 2.24) is 30.0 Å². The number of nitrogens with one attached hydrogen (secondary N) is 1. The van der Waals surface area contributed by atoms with E-state index in [9.17, 15) is 4.79 Å². The van der Waals surface area contributed by atoms with E-state index in [4.69, 9.17) is 35.5 Å². The van der Waals surface area contributed by atoms with Crippen LogP contribution in [0.5, 0.6) is 6.01 Å². The number of aromatic nitrogens is 5. The third-order valence-corrected chi connectivity index (χ3v) is 9.84. The summed E-state index contributed by atoms with van der Waals surface area (Å²) in [5.74, 6) is 0.508. The molecule has 4 aliphatic heterocycles. The molecule has 3 aromatic heterocycles. The number of nitrogens with zero attached hydrogens (tertiary/aromatic N) is 6. The van der Waals surface area contributed by atoms with E-state index in [1.54, 1.807) is 25.4 Å². The van der Waals surface area contributed by atoms with Crippen molar-refractivity contribution in [3.63, 3.8) is 0 Å². The van der Waals surface area contributed by atoms with Gasteiger partial charge in [0, 0.05) is 40.8 Å². The Bertz CT molecular complexity index is 1820. The first-order valence-electron chi connectivity index (χ1n) is 15.3. The van der Waals surface area contributed by atoms with Crippen LogP contribution in [-0.2, 0) is 20.6 Å². The molecule has 0 radical (unpaired) electrons. The molecular formula is C31H33ClFN7O5. The minimum Gasteiger partial charge on any atom is -0.462 e. The van der Waals surface area contributed by atoms with E-state index in [1.165, 1.54) is 6.42 Å². The van der Waals surface area contributed by atoms with Crippen LogP contribution in [0.4, 0.5) is 15.0 Å². The van der Waals surface area contributed by atoms with E-state index in [0.29, 0.717) is 82.8 Å². The van der Waals surface area contributed by atoms with Crippen LogP contribution < -0.4 is 9.64 Å². The third kappa shape index (κ3) is 5.10. The Hall–Kier alpha value is -3.81. The van der Waals surface area contributed by atoms with Crippen molar-refractivity contribution < 1.29 is 28.1 Å². The topological polar surface area (TPSA) is 128 Å². The van der Waals surface area contributed by atoms with Crippen LogP contribution in [0.15, 0.2) is 18.5 Å². The van der Waals surface area contributed by atoms with Gasteiger partial charge in [0.2, 0.25) is 0 Å². The highest BCUT2D eigenvalue weighted by Crippen LogP contribution is 2.47. The van der Waals surface area contributed by atoms with E-state index >= 15 is 4.39 Å². The first kappa shape index (κ1) is 28.6. The first-order valence-corrected chi connectivity index (χ1v) is 15.7. The van der Waals surface area contributed by atoms with Gasteiger partial charge in [0.05, 0.1) is 43.5 Å². The number of halogens is 2. The maximum atomic E-state index is 16.9. The lowest BCUT2D eigenvalue weighted by atomic mass is 9.95. The fraction of sp³-hybridized carbons (Fsp3) is 0.516. The van der Waals surface area contributed by atoms with E-state index in [0.717, 1.165) is 6.42 Å². The summed E-state index contributed by atoms with van der Waals surface area (Å²) >= 11 is 6.77. The minimum absolute atomic E-state index is 0.0654. The molecule has 1 saturated carbocycles. The van der Waals surface area contributed by atoms with Crippen molar-refractivity contribution in [2.75, 3.05) is 51.5 Å². The Balaban J connectivity index is 1.30. The second-order valence-corrected chi connectivity index (χ2v) is 13.1. The molecule has 5 aliphatic rings. The average Bonchev–Trinajstić information content (AvgIpc) is 3.58. The molecular weight excluding hydrogens is 605 g/mol. The predicted octanol–water partition coefficient (Wildman–Crippen LogP) is 4.53. The molecule has 236 valence electrons. The molecule has 14 heteroatoms. The number of carbonyl (C=O) groups excluding carboxylic acids is 1. The van der Waals surface area contributed by atoms with Gasteiger partial charge in [-0.3, -0.25) is 15.0 Å². The van der Waals surface area contributed by atoms with Gasteiger partial charge in [-0.1, -0.05) is 11.6 Å². The van der Waals surface area contributed by atoms with Crippen molar-refractivity contribution in [2.45, 2.75) is 50.3 Å². The molecule has 0 spiro atoms. The van der Waals surface area contributed by atoms with Crippen molar-refractivity contribution in [3.05, 3.63) is 34.9 Å². The number of rotatable bonds is 3. The largest absolute Gasteiger partial charge is 0.508 e. The van der Waals surface area contributed by atoms with Crippen LogP contribution >= 0.6 is 11.6 Å². The number of carbonyl (C=O) groups is 1. The summed E-state index contributed by atoms with van der Waals surface area (Å²) < 4.78 is 40.3. The summed E-state index contributed by atoms with van der Waals surface area (Å²) in [6.07, 6.45) is 5.51. The molecule has 12 nitrogen and oxygen atoms in total. The highest BCUT2D eigenvalue weighted by Gasteiger charge is 2.50. The number of ether oxygens (including phenoxy) is 4. The van der Waals surface area contributed by atoms with Crippen LogP contribution in [0, 0.1) is 11.7 Å². The molecule has 6 bridgehead atoms. The highest BCUT2D eigenvalue weighted by molar-refractivity contribution is 6.33. The van der Waals surface area contributed by atoms with E-state index in [-0.39, 0.29) is 43.0 Å². The number of likely N-dealkylation sites (N-methyl/N-ethyl adjacent to an activating group) is 1. The number of likely N-dealkylation sites (tertiary alicyclic amines) is 1. The third-order valence-electron chi connectivity index (χ3n) is 9.50. The number of hydrogen-bond donors (Lipinski definition) is 1. The monoisotopic (exact) mass is 637 g/mol. The lowest BCUT2D eigenvalue weighted by molar-refractivity contribution is -0.0575. The van der Waals surface area contributed by atoms with Gasteiger partial charge < -0.3 is 23.8 Å². The Morgan fingerprint density at radius 3 is 2.96 bits per heavy atom. The number of hydrogen-bond acceptors (Lipinski definition) is 11. The van der Waals surface area contributed by atoms with Crippen LogP contribution in [-0.4, -0.2) is 100 Å². The molecule has 1 aliphatic carbocycles. The molecule has 9 rings (SSSR count). The van der Waals surface area contributed by atoms with Gasteiger partial charge in [-0.05, 0) is 57.2 Å². The second kappa shape index (κ2) is 10.9. The van der Waals surface area contributed by atoms with Crippen molar-refractivity contribution in [2.24, 2.45) is 5.92 Å². The van der Waals surface area contributed by atoms with E-state index in [2.05, 4.69) is 32.1 Å². The minimum atomic E-state index is -1.06. The molecule has 4 atom stereocenters. The quantitative estimate of drug-likeness (QED) is 0.318. The Kier molecular flexibility index (Phi) is 6.95. The standard InChI is InChI=1S/C31H33ClFN7O5/c1-31-14-40(5-7-42-15-31)28-20-11-34-27(25(33)26(20)36-29(37-28)44-13-17-8-16-9-23(16)39(17)2)24-18(4-3-6-43-30(41)45-31)21(32)10-22-19(24)12-35-38-22/h10-12,16-17,23H,3-9,13-15H2,1-2H3,(H,35,38)/t16-,17+,23+,31+/m1/s1. The fourth-order valence-electron chi connectivity index (χ4n) is 7.11. The lowest BCUT2D eigenvalue weighted by Crippen LogP contribution is -2.46. The SMILES string of the molecule is CN1[C@H](COc2nc3c4cnc(c(F)c4n2)-c2c(c(Cl)cc4[nH]ncc24)CCCOC(=O)O[C@]2(C)COCCN3C2)C[C@@H]2C[C@@H]21. The molecule has 2 saturated heterocycles. The summed E-state index contributed by atoms with van der Waals surface area (Å²) in [6.45, 7) is 3.36. The lowest BCUT2D eigenvalue weighted by Gasteiger charge is -2.32. The Morgan fingerprint density at radius 1 is 1.22 bits per heavy atom. The summed E-state index contributed by atoms with van der Waals surface area (Å²) in [6, 6.07) is 2.66. The number of anilines is 1. The molecule has 45 heavy (non-hydrogen) atoms. The highest BCUT2D eigenvalue weighted by atomic mass is 35.5. The molecule has 4 aromatic rings. The van der Waals surface area contributed by atoms with Gasteiger partial charge in [0.15, 0.2) is 11.4 Å². The molecule has 7 heterocycles. The van der Waals surface area contributed by atoms with Crippen molar-refractivity contribution >= 4 is 45.4 Å². The Morgan fingerprint density at radius 2 is 2.11 bits per heavy atom. The number of fused-ring (bicyclic) bond motifs is 8. The van der Waals surface area contributed by atoms with E-state index < -0.39 is 17.6 Å². The van der Waals surface area contributed by atoms with Crippen molar-refractivity contribution in [3.8, 4) is 17.3 Å². The maximum absolute atomic E-state index is 16.9. The van der Waals surface area contributed by atoms with Gasteiger partial charge in [-0.2, -0.15) is 15.1 Å². The first-order chi connectivity index (χ1) is 21.8. The van der Waals surface area contributed by atoms with E-state index in [1.807, 2.05) is 4.90 Å². The molecule has 3 fully saturated rings. The van der Waals surface area contributed by atoms with Crippen LogP contribution in [0.2, 0.25) is 5.02 Å². The summed E-state index contributed by atoms with van der Waals surface area (Å²) in [5.41, 5.74) is 0.908. The maximum Gasteiger partial charge on any atom is 0.508 e. The predicted molar refractivity (Wildman–Crippen MR) is 163 cm³/mol. The smallest absolute Gasteiger partial charge is 0.462 e. The van der Waals surface area contributed by atoms with Crippen LogP contribution in [0.25, 0.3) is 33.1 Å². The zero-order valence-electron chi connectivity index (χ0n) is 25.0. The zero-order valence-corrected chi connectivity index (χ0v) is 25.8. The number of aromatic amines is 1.